The van der Waals surface area contributed by atoms with Gasteiger partial charge in [0.2, 0.25) is 0 Å². The largest absolute Gasteiger partial charge is 0.333 e. The van der Waals surface area contributed by atoms with Crippen LogP contribution in [0.3, 0.4) is 0 Å². The first-order chi connectivity index (χ1) is 15.7. The number of carbonyl (C=O) groups excluding carboxylic acids is 1. The Morgan fingerprint density at radius 1 is 0.938 bits per heavy atom. The quantitative estimate of drug-likeness (QED) is 0.451. The second-order valence-electron chi connectivity index (χ2n) is 7.49. The summed E-state index contributed by atoms with van der Waals surface area (Å²) in [4.78, 5) is 19.5. The highest BCUT2D eigenvalue weighted by atomic mass is 35.5. The van der Waals surface area contributed by atoms with Crippen LogP contribution in [0.2, 0.25) is 5.02 Å². The minimum Gasteiger partial charge on any atom is -0.333 e. The van der Waals surface area contributed by atoms with E-state index in [0.29, 0.717) is 29.5 Å². The number of carbonyl (C=O) groups is 1. The van der Waals surface area contributed by atoms with Gasteiger partial charge in [0.1, 0.15) is 5.69 Å². The number of nitrogens with zero attached hydrogens (tertiary/aromatic N) is 5. The third kappa shape index (κ3) is 3.81. The standard InChI is InChI=1S/C25H20ClN5O/c26-21-10-4-5-11-22(21)31-24(20-9-6-14-27-17-20)23(28-29-31)25(32)30-15-12-19(13-16-30)18-7-2-1-3-8-18/h1-12,14,17H,13,15-16H2. The zero-order valence-electron chi connectivity index (χ0n) is 17.2. The van der Waals surface area contributed by atoms with Crippen molar-refractivity contribution in [3.63, 3.8) is 0 Å². The SMILES string of the molecule is O=C(c1nnn(-c2ccccc2Cl)c1-c1cccnc1)N1CC=C(c2ccccc2)CC1. The first kappa shape index (κ1) is 20.2. The topological polar surface area (TPSA) is 63.9 Å². The van der Waals surface area contributed by atoms with Gasteiger partial charge in [-0.25, -0.2) is 4.68 Å². The van der Waals surface area contributed by atoms with Crippen LogP contribution < -0.4 is 0 Å². The summed E-state index contributed by atoms with van der Waals surface area (Å²) in [5.41, 5.74) is 4.72. The molecule has 6 nitrogen and oxygen atoms in total. The van der Waals surface area contributed by atoms with Crippen LogP contribution in [0.1, 0.15) is 22.5 Å². The Labute approximate surface area is 190 Å². The van der Waals surface area contributed by atoms with Gasteiger partial charge in [-0.3, -0.25) is 9.78 Å². The van der Waals surface area contributed by atoms with Gasteiger partial charge in [0, 0.05) is 31.0 Å². The molecule has 2 aromatic carbocycles. The van der Waals surface area contributed by atoms with Crippen molar-refractivity contribution >= 4 is 23.1 Å². The fraction of sp³-hybridized carbons (Fsp3) is 0.120. The van der Waals surface area contributed by atoms with E-state index < -0.39 is 0 Å². The molecule has 3 heterocycles. The lowest BCUT2D eigenvalue weighted by Gasteiger charge is -2.26. The summed E-state index contributed by atoms with van der Waals surface area (Å²) in [7, 11) is 0. The predicted octanol–water partition coefficient (Wildman–Crippen LogP) is 4.91. The minimum absolute atomic E-state index is 0.162. The fourth-order valence-corrected chi connectivity index (χ4v) is 4.11. The van der Waals surface area contributed by atoms with E-state index in [-0.39, 0.29) is 11.6 Å². The van der Waals surface area contributed by atoms with Crippen molar-refractivity contribution in [1.82, 2.24) is 24.9 Å². The molecule has 7 heteroatoms. The number of pyridine rings is 1. The van der Waals surface area contributed by atoms with Gasteiger partial charge in [-0.05, 0) is 41.8 Å². The average molecular weight is 442 g/mol. The molecule has 2 aromatic heterocycles. The van der Waals surface area contributed by atoms with E-state index in [0.717, 1.165) is 12.0 Å². The van der Waals surface area contributed by atoms with Crippen molar-refractivity contribution in [2.45, 2.75) is 6.42 Å². The summed E-state index contributed by atoms with van der Waals surface area (Å²) < 4.78 is 1.61. The maximum atomic E-state index is 13.5. The van der Waals surface area contributed by atoms with Crippen molar-refractivity contribution in [2.24, 2.45) is 0 Å². The molecule has 1 aliphatic heterocycles. The van der Waals surface area contributed by atoms with E-state index in [1.807, 2.05) is 48.5 Å². The molecule has 158 valence electrons. The maximum absolute atomic E-state index is 13.5. The number of hydrogen-bond donors (Lipinski definition) is 0. The van der Waals surface area contributed by atoms with Gasteiger partial charge in [0.05, 0.1) is 10.7 Å². The summed E-state index contributed by atoms with van der Waals surface area (Å²) in [5, 5.41) is 9.09. The normalized spacial score (nSPS) is 13.7. The molecule has 0 aliphatic carbocycles. The molecule has 0 bridgehead atoms. The summed E-state index contributed by atoms with van der Waals surface area (Å²) >= 11 is 6.42. The molecule has 0 spiro atoms. The van der Waals surface area contributed by atoms with Gasteiger partial charge in [-0.15, -0.1) is 5.10 Å². The van der Waals surface area contributed by atoms with Gasteiger partial charge >= 0.3 is 0 Å². The Bertz CT molecular complexity index is 1280. The Morgan fingerprint density at radius 3 is 2.44 bits per heavy atom. The number of hydrogen-bond acceptors (Lipinski definition) is 4. The van der Waals surface area contributed by atoms with Crippen LogP contribution in [-0.4, -0.2) is 43.9 Å². The highest BCUT2D eigenvalue weighted by Gasteiger charge is 2.28. The van der Waals surface area contributed by atoms with E-state index >= 15 is 0 Å². The first-order valence-corrected chi connectivity index (χ1v) is 10.7. The van der Waals surface area contributed by atoms with Crippen LogP contribution in [0.4, 0.5) is 0 Å². The number of para-hydroxylation sites is 1. The number of aromatic nitrogens is 4. The monoisotopic (exact) mass is 441 g/mol. The molecule has 1 amide bonds. The maximum Gasteiger partial charge on any atom is 0.277 e. The second-order valence-corrected chi connectivity index (χ2v) is 7.90. The molecular weight excluding hydrogens is 422 g/mol. The lowest BCUT2D eigenvalue weighted by molar-refractivity contribution is 0.0767. The Hall–Kier alpha value is -3.77. The summed E-state index contributed by atoms with van der Waals surface area (Å²) in [5.74, 6) is -0.162. The number of rotatable bonds is 4. The molecule has 0 N–H and O–H groups in total. The van der Waals surface area contributed by atoms with E-state index in [2.05, 4.69) is 33.5 Å². The minimum atomic E-state index is -0.162. The van der Waals surface area contributed by atoms with Gasteiger partial charge in [0.25, 0.3) is 5.91 Å². The summed E-state index contributed by atoms with van der Waals surface area (Å²) in [6.07, 6.45) is 6.29. The van der Waals surface area contributed by atoms with Crippen molar-refractivity contribution in [3.05, 3.63) is 101 Å². The van der Waals surface area contributed by atoms with Crippen molar-refractivity contribution in [2.75, 3.05) is 13.1 Å². The highest BCUT2D eigenvalue weighted by molar-refractivity contribution is 6.32. The third-order valence-corrected chi connectivity index (χ3v) is 5.85. The molecular formula is C25H20ClN5O. The van der Waals surface area contributed by atoms with Crippen LogP contribution in [0, 0.1) is 0 Å². The van der Waals surface area contributed by atoms with Crippen molar-refractivity contribution < 1.29 is 4.79 Å². The second kappa shape index (κ2) is 8.77. The lowest BCUT2D eigenvalue weighted by Crippen LogP contribution is -2.35. The fourth-order valence-electron chi connectivity index (χ4n) is 3.90. The predicted molar refractivity (Wildman–Crippen MR) is 125 cm³/mol. The Balaban J connectivity index is 1.51. The van der Waals surface area contributed by atoms with Crippen molar-refractivity contribution in [1.29, 1.82) is 0 Å². The van der Waals surface area contributed by atoms with Gasteiger partial charge < -0.3 is 4.90 Å². The zero-order chi connectivity index (χ0) is 21.9. The number of halogens is 1. The lowest BCUT2D eigenvalue weighted by atomic mass is 9.99. The molecule has 4 aromatic rings. The number of benzene rings is 2. The third-order valence-electron chi connectivity index (χ3n) is 5.53. The molecule has 0 radical (unpaired) electrons. The van der Waals surface area contributed by atoms with E-state index in [1.54, 1.807) is 28.0 Å². The molecule has 1 aliphatic rings. The molecule has 0 saturated heterocycles. The van der Waals surface area contributed by atoms with Gasteiger partial charge in [-0.1, -0.05) is 65.4 Å². The molecule has 0 saturated carbocycles. The van der Waals surface area contributed by atoms with Crippen LogP contribution in [0.5, 0.6) is 0 Å². The molecule has 5 rings (SSSR count). The zero-order valence-corrected chi connectivity index (χ0v) is 18.0. The average Bonchev–Trinajstić information content (AvgIpc) is 3.30. The van der Waals surface area contributed by atoms with Crippen LogP contribution in [0.25, 0.3) is 22.5 Å². The van der Waals surface area contributed by atoms with Crippen molar-refractivity contribution in [3.8, 4) is 16.9 Å². The molecule has 0 fully saturated rings. The summed E-state index contributed by atoms with van der Waals surface area (Å²) in [6.45, 7) is 1.14. The molecule has 32 heavy (non-hydrogen) atoms. The smallest absolute Gasteiger partial charge is 0.277 e. The summed E-state index contributed by atoms with van der Waals surface area (Å²) in [6, 6.07) is 21.3. The molecule has 0 atom stereocenters. The van der Waals surface area contributed by atoms with Crippen LogP contribution >= 0.6 is 11.6 Å². The van der Waals surface area contributed by atoms with Crippen LogP contribution in [0.15, 0.2) is 85.2 Å². The molecule has 0 unspecified atom stereocenters. The van der Waals surface area contributed by atoms with Gasteiger partial charge in [0.15, 0.2) is 5.69 Å². The first-order valence-electron chi connectivity index (χ1n) is 10.4. The van der Waals surface area contributed by atoms with E-state index in [1.165, 1.54) is 11.1 Å². The Kier molecular flexibility index (Phi) is 5.52. The van der Waals surface area contributed by atoms with Crippen LogP contribution in [-0.2, 0) is 0 Å². The Morgan fingerprint density at radius 2 is 1.72 bits per heavy atom. The van der Waals surface area contributed by atoms with E-state index in [9.17, 15) is 4.79 Å². The number of amides is 1. The van der Waals surface area contributed by atoms with E-state index in [4.69, 9.17) is 11.6 Å². The van der Waals surface area contributed by atoms with Gasteiger partial charge in [-0.2, -0.15) is 0 Å². The highest BCUT2D eigenvalue weighted by Crippen LogP contribution is 2.30.